The van der Waals surface area contributed by atoms with Gasteiger partial charge in [-0.15, -0.1) is 0 Å². The summed E-state index contributed by atoms with van der Waals surface area (Å²) >= 11 is 0. The Kier molecular flexibility index (Phi) is 3.69. The van der Waals surface area contributed by atoms with Gasteiger partial charge >= 0.3 is 0 Å². The van der Waals surface area contributed by atoms with Gasteiger partial charge in [-0.3, -0.25) is 0 Å². The number of nitrogens with zero attached hydrogens (tertiary/aromatic N) is 1. The molecule has 1 N–H and O–H groups in total. The van der Waals surface area contributed by atoms with Crippen molar-refractivity contribution >= 4 is 0 Å². The third-order valence-corrected chi connectivity index (χ3v) is 3.98. The number of halogens is 2. The molecular weight excluding hydrogens is 322 g/mol. The number of furan rings is 1. The third-order valence-electron chi connectivity index (χ3n) is 3.98. The zero-order valence-electron chi connectivity index (χ0n) is 13.4. The fourth-order valence-corrected chi connectivity index (χ4v) is 2.79. The molecule has 0 bridgehead atoms. The van der Waals surface area contributed by atoms with Crippen LogP contribution in [0, 0.1) is 18.6 Å². The van der Waals surface area contributed by atoms with Crippen LogP contribution < -0.4 is 0 Å². The molecule has 0 amide bonds. The van der Waals surface area contributed by atoms with Crippen molar-refractivity contribution in [2.45, 2.75) is 6.92 Å². The van der Waals surface area contributed by atoms with Crippen molar-refractivity contribution < 1.29 is 13.2 Å². The molecule has 0 saturated heterocycles. The number of aryl methyl sites for hydroxylation is 1. The van der Waals surface area contributed by atoms with Gasteiger partial charge in [-0.25, -0.2) is 13.8 Å². The average Bonchev–Trinajstić information content (AvgIpc) is 3.22. The van der Waals surface area contributed by atoms with Crippen LogP contribution in [0.2, 0.25) is 0 Å². The molecule has 3 nitrogen and oxygen atoms in total. The predicted molar refractivity (Wildman–Crippen MR) is 91.8 cm³/mol. The minimum absolute atomic E-state index is 0.126. The number of aromatic nitrogens is 2. The first-order valence-electron chi connectivity index (χ1n) is 7.80. The molecule has 0 fully saturated rings. The fraction of sp³-hybridized carbons (Fsp3) is 0.0500. The second-order valence-electron chi connectivity index (χ2n) is 5.69. The molecule has 0 aliphatic rings. The van der Waals surface area contributed by atoms with E-state index in [9.17, 15) is 8.78 Å². The summed E-state index contributed by atoms with van der Waals surface area (Å²) in [6.45, 7) is 1.92. The number of hydrogen-bond donors (Lipinski definition) is 1. The summed E-state index contributed by atoms with van der Waals surface area (Å²) in [7, 11) is 0. The van der Waals surface area contributed by atoms with Gasteiger partial charge in [0.2, 0.25) is 0 Å². The number of hydrogen-bond acceptors (Lipinski definition) is 2. The highest BCUT2D eigenvalue weighted by Gasteiger charge is 2.17. The van der Waals surface area contributed by atoms with Crippen LogP contribution in [0.25, 0.3) is 34.2 Å². The molecule has 2 aromatic carbocycles. The number of H-pyrrole nitrogens is 1. The van der Waals surface area contributed by atoms with E-state index < -0.39 is 11.6 Å². The van der Waals surface area contributed by atoms with Gasteiger partial charge in [0, 0.05) is 11.3 Å². The molecule has 0 radical (unpaired) electrons. The van der Waals surface area contributed by atoms with Gasteiger partial charge in [0.15, 0.2) is 11.6 Å². The van der Waals surface area contributed by atoms with Crippen molar-refractivity contribution in [1.82, 2.24) is 9.97 Å². The van der Waals surface area contributed by atoms with E-state index >= 15 is 0 Å². The highest BCUT2D eigenvalue weighted by molar-refractivity contribution is 5.67. The number of aromatic amines is 1. The molecule has 124 valence electrons. The predicted octanol–water partition coefficient (Wildman–Crippen LogP) is 5.59. The Morgan fingerprint density at radius 3 is 2.24 bits per heavy atom. The summed E-state index contributed by atoms with van der Waals surface area (Å²) in [6.07, 6.45) is 0. The van der Waals surface area contributed by atoms with Gasteiger partial charge in [0.1, 0.15) is 17.4 Å². The average molecular weight is 336 g/mol. The molecule has 2 heterocycles. The van der Waals surface area contributed by atoms with Crippen molar-refractivity contribution in [3.8, 4) is 34.2 Å². The quantitative estimate of drug-likeness (QED) is 0.530. The zero-order chi connectivity index (χ0) is 17.4. The maximum Gasteiger partial charge on any atom is 0.174 e. The third kappa shape index (κ3) is 2.74. The van der Waals surface area contributed by atoms with Crippen molar-refractivity contribution in [2.75, 3.05) is 0 Å². The summed E-state index contributed by atoms with van der Waals surface area (Å²) in [4.78, 5) is 7.73. The Bertz CT molecular complexity index is 1010. The van der Waals surface area contributed by atoms with Crippen molar-refractivity contribution in [2.24, 2.45) is 0 Å². The van der Waals surface area contributed by atoms with Crippen LogP contribution in [0.5, 0.6) is 0 Å². The Labute approximate surface area is 143 Å². The van der Waals surface area contributed by atoms with E-state index in [4.69, 9.17) is 4.42 Å². The molecule has 0 atom stereocenters. The summed E-state index contributed by atoms with van der Waals surface area (Å²) in [5.74, 6) is -0.272. The van der Waals surface area contributed by atoms with E-state index in [1.165, 1.54) is 24.3 Å². The minimum Gasteiger partial charge on any atom is -0.453 e. The molecule has 5 heteroatoms. The maximum absolute atomic E-state index is 13.9. The monoisotopic (exact) mass is 336 g/mol. The van der Waals surface area contributed by atoms with Gasteiger partial charge in [-0.05, 0) is 31.2 Å². The lowest BCUT2D eigenvalue weighted by molar-refractivity contribution is 0.553. The van der Waals surface area contributed by atoms with E-state index in [1.807, 2.05) is 37.3 Å². The van der Waals surface area contributed by atoms with E-state index in [1.54, 1.807) is 6.07 Å². The van der Waals surface area contributed by atoms with Crippen LogP contribution in [-0.4, -0.2) is 9.97 Å². The van der Waals surface area contributed by atoms with E-state index in [-0.39, 0.29) is 11.3 Å². The second kappa shape index (κ2) is 6.02. The van der Waals surface area contributed by atoms with Crippen LogP contribution in [0.1, 0.15) is 5.69 Å². The maximum atomic E-state index is 13.9. The molecule has 0 aliphatic carbocycles. The number of rotatable bonds is 3. The first kappa shape index (κ1) is 15.3. The molecule has 4 rings (SSSR count). The lowest BCUT2D eigenvalue weighted by atomic mass is 10.1. The van der Waals surface area contributed by atoms with Crippen molar-refractivity contribution in [1.29, 1.82) is 0 Å². The van der Waals surface area contributed by atoms with Crippen molar-refractivity contribution in [3.05, 3.63) is 78.0 Å². The standard InChI is InChI=1S/C20H14F2N2O/c1-12-19(13-6-3-2-4-7-13)24-20(23-12)17-11-10-16(25-17)18-14(21)8-5-9-15(18)22/h2-11H,1H3,(H,23,24). The number of benzene rings is 2. The van der Waals surface area contributed by atoms with Gasteiger partial charge in [0.25, 0.3) is 0 Å². The topological polar surface area (TPSA) is 41.8 Å². The molecule has 2 aromatic heterocycles. The molecule has 0 saturated carbocycles. The molecule has 0 spiro atoms. The van der Waals surface area contributed by atoms with Crippen LogP contribution in [0.15, 0.2) is 65.1 Å². The van der Waals surface area contributed by atoms with Crippen LogP contribution >= 0.6 is 0 Å². The van der Waals surface area contributed by atoms with Crippen LogP contribution in [0.4, 0.5) is 8.78 Å². The largest absolute Gasteiger partial charge is 0.453 e. The first-order valence-corrected chi connectivity index (χ1v) is 7.80. The Morgan fingerprint density at radius 1 is 0.840 bits per heavy atom. The fourth-order valence-electron chi connectivity index (χ4n) is 2.79. The summed E-state index contributed by atoms with van der Waals surface area (Å²) in [5, 5.41) is 0. The molecule has 4 aromatic rings. The van der Waals surface area contributed by atoms with E-state index in [0.717, 1.165) is 17.0 Å². The minimum atomic E-state index is -0.665. The smallest absolute Gasteiger partial charge is 0.174 e. The number of nitrogens with one attached hydrogen (secondary N) is 1. The van der Waals surface area contributed by atoms with Gasteiger partial charge < -0.3 is 9.40 Å². The lowest BCUT2D eigenvalue weighted by Gasteiger charge is -2.00. The Morgan fingerprint density at radius 2 is 1.52 bits per heavy atom. The first-order chi connectivity index (χ1) is 12.1. The van der Waals surface area contributed by atoms with E-state index in [2.05, 4.69) is 9.97 Å². The Hall–Kier alpha value is -3.21. The lowest BCUT2D eigenvalue weighted by Crippen LogP contribution is -1.87. The van der Waals surface area contributed by atoms with Gasteiger partial charge in [-0.2, -0.15) is 0 Å². The molecule has 0 aliphatic heterocycles. The normalized spacial score (nSPS) is 11.0. The van der Waals surface area contributed by atoms with Crippen LogP contribution in [0.3, 0.4) is 0 Å². The highest BCUT2D eigenvalue weighted by atomic mass is 19.1. The summed E-state index contributed by atoms with van der Waals surface area (Å²) < 4.78 is 33.5. The Balaban J connectivity index is 1.74. The van der Waals surface area contributed by atoms with Crippen LogP contribution in [-0.2, 0) is 0 Å². The summed E-state index contributed by atoms with van der Waals surface area (Å²) in [6, 6.07) is 16.7. The van der Waals surface area contributed by atoms with Gasteiger partial charge in [0.05, 0.1) is 11.3 Å². The number of imidazole rings is 1. The summed E-state index contributed by atoms with van der Waals surface area (Å²) in [5.41, 5.74) is 2.50. The second-order valence-corrected chi connectivity index (χ2v) is 5.69. The zero-order valence-corrected chi connectivity index (χ0v) is 13.4. The van der Waals surface area contributed by atoms with Gasteiger partial charge in [-0.1, -0.05) is 36.4 Å². The van der Waals surface area contributed by atoms with Crippen molar-refractivity contribution in [3.63, 3.8) is 0 Å². The molecule has 25 heavy (non-hydrogen) atoms. The molecule has 0 unspecified atom stereocenters. The highest BCUT2D eigenvalue weighted by Crippen LogP contribution is 2.32. The molecular formula is C20H14F2N2O. The SMILES string of the molecule is Cc1[nH]c(-c2ccc(-c3c(F)cccc3F)o2)nc1-c1ccccc1. The van der Waals surface area contributed by atoms with E-state index in [0.29, 0.717) is 11.6 Å².